The Morgan fingerprint density at radius 2 is 0.842 bits per heavy atom. The smallest absolute Gasteiger partial charge is 0.379 e. The number of phosphoric ester groups is 1. The topological polar surface area (TPSA) is 85.2 Å². The van der Waals surface area contributed by atoms with Crippen molar-refractivity contribution in [2.45, 2.75) is 174 Å². The molecule has 0 aromatic heterocycles. The average Bonchev–Trinajstić information content (AvgIpc) is 2.89. The van der Waals surface area contributed by atoms with E-state index in [4.69, 9.17) is 19.3 Å². The van der Waals surface area contributed by atoms with Gasteiger partial charge in [-0.15, -0.1) is 0 Å². The molecule has 0 radical (unpaired) electrons. The van der Waals surface area contributed by atoms with Crippen LogP contribution in [0.15, 0.2) is 0 Å². The normalized spacial score (nSPS) is 12.8. The Labute approximate surface area is 236 Å². The van der Waals surface area contributed by atoms with Gasteiger partial charge in [0.15, 0.2) is 0 Å². The molecule has 0 aliphatic heterocycles. The lowest BCUT2D eigenvalue weighted by Crippen LogP contribution is -2.26. The third kappa shape index (κ3) is 32.2. The fraction of sp³-hybridized carbons (Fsp3) is 1.00. The molecule has 0 saturated heterocycles. The van der Waals surface area contributed by atoms with Gasteiger partial charge in [-0.25, -0.2) is 4.57 Å². The van der Waals surface area contributed by atoms with Crippen LogP contribution in [0.3, 0.4) is 0 Å². The van der Waals surface area contributed by atoms with Crippen LogP contribution in [0.1, 0.15) is 168 Å². The van der Waals surface area contributed by atoms with E-state index in [1.54, 1.807) is 0 Å². The van der Waals surface area contributed by atoms with Gasteiger partial charge in [0.2, 0.25) is 0 Å². The molecule has 0 aromatic rings. The highest BCUT2D eigenvalue weighted by atomic mass is 31.2. The van der Waals surface area contributed by atoms with Gasteiger partial charge in [-0.2, -0.15) is 0 Å². The molecular formula is C31H65O6P. The van der Waals surface area contributed by atoms with E-state index in [0.29, 0.717) is 19.8 Å². The van der Waals surface area contributed by atoms with Gasteiger partial charge in [0.1, 0.15) is 6.10 Å². The molecule has 7 heteroatoms. The van der Waals surface area contributed by atoms with Gasteiger partial charge >= 0.3 is 7.82 Å². The molecule has 38 heavy (non-hydrogen) atoms. The molecule has 0 aromatic carbocycles. The first kappa shape index (κ1) is 38.0. The van der Waals surface area contributed by atoms with E-state index in [1.165, 1.54) is 135 Å². The predicted octanol–water partition coefficient (Wildman–Crippen LogP) is 9.90. The quantitative estimate of drug-likeness (QED) is 0.0624. The number of hydrogen-bond donors (Lipinski definition) is 2. The van der Waals surface area contributed by atoms with Gasteiger partial charge in [0.05, 0.1) is 13.2 Å². The molecule has 0 rings (SSSR count). The Kier molecular flexibility index (Phi) is 30.0. The molecular weight excluding hydrogens is 499 g/mol. The third-order valence-corrected chi connectivity index (χ3v) is 7.71. The minimum atomic E-state index is -4.50. The summed E-state index contributed by atoms with van der Waals surface area (Å²) in [6, 6.07) is 0. The highest BCUT2D eigenvalue weighted by Crippen LogP contribution is 2.35. The van der Waals surface area contributed by atoms with E-state index in [0.717, 1.165) is 19.3 Å². The van der Waals surface area contributed by atoms with Crippen LogP contribution in [0.2, 0.25) is 0 Å². The average molecular weight is 565 g/mol. The fourth-order valence-corrected chi connectivity index (χ4v) is 5.14. The van der Waals surface area contributed by atoms with Crippen LogP contribution in [-0.2, 0) is 18.6 Å². The van der Waals surface area contributed by atoms with E-state index < -0.39 is 13.9 Å². The first-order valence-electron chi connectivity index (χ1n) is 16.4. The number of unbranched alkanes of at least 4 members (excludes halogenated alkanes) is 22. The molecule has 0 aliphatic rings. The van der Waals surface area contributed by atoms with Crippen molar-refractivity contribution in [3.63, 3.8) is 0 Å². The molecule has 1 atom stereocenters. The lowest BCUT2D eigenvalue weighted by atomic mass is 10.1. The lowest BCUT2D eigenvalue weighted by molar-refractivity contribution is -0.0429. The number of ether oxygens (including phenoxy) is 2. The molecule has 0 heterocycles. The van der Waals surface area contributed by atoms with E-state index in [-0.39, 0.29) is 6.61 Å². The molecule has 2 N–H and O–H groups in total. The van der Waals surface area contributed by atoms with Crippen LogP contribution in [0, 0.1) is 0 Å². The van der Waals surface area contributed by atoms with Crippen LogP contribution in [-0.4, -0.2) is 42.3 Å². The van der Waals surface area contributed by atoms with Crippen LogP contribution in [0.25, 0.3) is 0 Å². The van der Waals surface area contributed by atoms with E-state index in [2.05, 4.69) is 18.4 Å². The zero-order valence-electron chi connectivity index (χ0n) is 25.4. The standard InChI is InChI=1S/C31H65O6P/c1-3-5-7-9-11-13-15-17-19-21-23-25-27-35-29-31(30-37-38(32,33)34)36-28-26-24-22-20-18-16-14-12-10-8-6-4-2/h31H,3-30H2,1-2H3,(H2,32,33,34). The summed E-state index contributed by atoms with van der Waals surface area (Å²) < 4.78 is 27.4. The van der Waals surface area contributed by atoms with Crippen molar-refractivity contribution in [1.82, 2.24) is 0 Å². The van der Waals surface area contributed by atoms with Crippen LogP contribution in [0.5, 0.6) is 0 Å². The van der Waals surface area contributed by atoms with Crippen molar-refractivity contribution < 1.29 is 28.3 Å². The number of rotatable bonds is 32. The molecule has 230 valence electrons. The van der Waals surface area contributed by atoms with Gasteiger partial charge in [0.25, 0.3) is 0 Å². The highest BCUT2D eigenvalue weighted by Gasteiger charge is 2.19. The predicted molar refractivity (Wildman–Crippen MR) is 161 cm³/mol. The van der Waals surface area contributed by atoms with Crippen molar-refractivity contribution in [1.29, 1.82) is 0 Å². The Hall–Kier alpha value is 0.0300. The molecule has 0 spiro atoms. The maximum Gasteiger partial charge on any atom is 0.469 e. The maximum atomic E-state index is 11.1. The highest BCUT2D eigenvalue weighted by molar-refractivity contribution is 7.46. The van der Waals surface area contributed by atoms with E-state index >= 15 is 0 Å². The monoisotopic (exact) mass is 564 g/mol. The second-order valence-corrected chi connectivity index (χ2v) is 12.4. The van der Waals surface area contributed by atoms with Gasteiger partial charge in [-0.3, -0.25) is 4.52 Å². The summed E-state index contributed by atoms with van der Waals surface area (Å²) in [6.07, 6.45) is 30.7. The second-order valence-electron chi connectivity index (χ2n) is 11.1. The zero-order chi connectivity index (χ0) is 28.0. The minimum absolute atomic E-state index is 0.138. The summed E-state index contributed by atoms with van der Waals surface area (Å²) in [4.78, 5) is 18.1. The van der Waals surface area contributed by atoms with Crippen LogP contribution in [0.4, 0.5) is 0 Å². The van der Waals surface area contributed by atoms with E-state index in [1.807, 2.05) is 0 Å². The van der Waals surface area contributed by atoms with Crippen molar-refractivity contribution in [3.8, 4) is 0 Å². The molecule has 0 amide bonds. The molecule has 0 bridgehead atoms. The molecule has 0 fully saturated rings. The van der Waals surface area contributed by atoms with Gasteiger partial charge in [-0.05, 0) is 12.8 Å². The summed E-state index contributed by atoms with van der Waals surface area (Å²) in [5, 5.41) is 0. The molecule has 6 nitrogen and oxygen atoms in total. The molecule has 0 aliphatic carbocycles. The number of hydrogen-bond acceptors (Lipinski definition) is 4. The Bertz CT molecular complexity index is 499. The minimum Gasteiger partial charge on any atom is -0.379 e. The van der Waals surface area contributed by atoms with Gasteiger partial charge < -0.3 is 19.3 Å². The lowest BCUT2D eigenvalue weighted by Gasteiger charge is -2.18. The maximum absolute atomic E-state index is 11.1. The fourth-order valence-electron chi connectivity index (χ4n) is 4.78. The summed E-state index contributed by atoms with van der Waals surface area (Å²) in [5.74, 6) is 0. The van der Waals surface area contributed by atoms with Gasteiger partial charge in [-0.1, -0.05) is 155 Å². The van der Waals surface area contributed by atoms with Crippen molar-refractivity contribution >= 4 is 7.82 Å². The second kappa shape index (κ2) is 30.0. The largest absolute Gasteiger partial charge is 0.469 e. The summed E-state index contributed by atoms with van der Waals surface area (Å²) in [6.45, 7) is 5.94. The Morgan fingerprint density at radius 3 is 1.21 bits per heavy atom. The van der Waals surface area contributed by atoms with Crippen molar-refractivity contribution in [3.05, 3.63) is 0 Å². The van der Waals surface area contributed by atoms with Crippen molar-refractivity contribution in [2.75, 3.05) is 26.4 Å². The van der Waals surface area contributed by atoms with Crippen LogP contribution < -0.4 is 0 Å². The van der Waals surface area contributed by atoms with Gasteiger partial charge in [0, 0.05) is 13.2 Å². The van der Waals surface area contributed by atoms with E-state index in [9.17, 15) is 4.57 Å². The van der Waals surface area contributed by atoms with Crippen molar-refractivity contribution in [2.24, 2.45) is 0 Å². The first-order valence-corrected chi connectivity index (χ1v) is 17.9. The zero-order valence-corrected chi connectivity index (χ0v) is 26.2. The Balaban J connectivity index is 3.69. The summed E-state index contributed by atoms with van der Waals surface area (Å²) >= 11 is 0. The Morgan fingerprint density at radius 1 is 0.500 bits per heavy atom. The molecule has 1 unspecified atom stereocenters. The molecule has 0 saturated carbocycles. The number of phosphoric acid groups is 1. The van der Waals surface area contributed by atoms with Crippen LogP contribution >= 0.6 is 7.82 Å². The third-order valence-electron chi connectivity index (χ3n) is 7.23. The first-order chi connectivity index (χ1) is 18.5. The SMILES string of the molecule is CCCCCCCCCCCCCCOCC(COP(=O)(O)O)OCCCCCCCCCCCCCC. The summed E-state index contributed by atoms with van der Waals surface area (Å²) in [7, 11) is -4.50. The summed E-state index contributed by atoms with van der Waals surface area (Å²) in [5.41, 5.74) is 0.